The first-order chi connectivity index (χ1) is 9.56. The summed E-state index contributed by atoms with van der Waals surface area (Å²) in [5, 5.41) is 21.9. The normalized spacial score (nSPS) is 10.2. The number of nitrogens with zero attached hydrogens (tertiary/aromatic N) is 2. The van der Waals surface area contributed by atoms with Crippen LogP contribution in [0.15, 0.2) is 52.4 Å². The van der Waals surface area contributed by atoms with E-state index in [0.717, 1.165) is 4.90 Å². The van der Waals surface area contributed by atoms with Crippen molar-refractivity contribution in [3.63, 3.8) is 0 Å². The summed E-state index contributed by atoms with van der Waals surface area (Å²) in [6.07, 6.45) is -0.584. The number of carbonyl (C=O) groups excluding carboxylic acids is 1. The standard InChI is InChI=1S/C13H10N2O4S/c16-13(17)8-10-11(15(18)19)6-7-12(14-10)20-9-4-2-1-3-5-9/h1-7H,8H2,(H,16,17)/p-1. The third kappa shape index (κ3) is 3.55. The van der Waals surface area contributed by atoms with Crippen LogP contribution in [0, 0.1) is 10.1 Å². The largest absolute Gasteiger partial charge is 0.550 e. The number of benzene rings is 1. The third-order valence-electron chi connectivity index (χ3n) is 2.40. The lowest BCUT2D eigenvalue weighted by atomic mass is 10.2. The number of nitro groups is 1. The number of carboxylic acid groups (broad SMARTS) is 1. The molecule has 1 heterocycles. The molecule has 0 aliphatic carbocycles. The van der Waals surface area contributed by atoms with E-state index in [1.807, 2.05) is 30.3 Å². The fraction of sp³-hybridized carbons (Fsp3) is 0.0769. The smallest absolute Gasteiger partial charge is 0.291 e. The van der Waals surface area contributed by atoms with Crippen LogP contribution in [0.25, 0.3) is 0 Å². The molecule has 0 fully saturated rings. The average Bonchev–Trinajstić information content (AvgIpc) is 2.39. The molecule has 0 unspecified atom stereocenters. The van der Waals surface area contributed by atoms with Crippen LogP contribution in [-0.4, -0.2) is 15.9 Å². The highest BCUT2D eigenvalue weighted by Gasteiger charge is 2.16. The van der Waals surface area contributed by atoms with Gasteiger partial charge in [0.25, 0.3) is 5.69 Å². The highest BCUT2D eigenvalue weighted by Crippen LogP contribution is 2.28. The molecule has 0 amide bonds. The van der Waals surface area contributed by atoms with Crippen LogP contribution in [0.5, 0.6) is 0 Å². The maximum absolute atomic E-state index is 10.8. The van der Waals surface area contributed by atoms with Crippen molar-refractivity contribution in [2.75, 3.05) is 0 Å². The number of carboxylic acids is 1. The quantitative estimate of drug-likeness (QED) is 0.610. The van der Waals surface area contributed by atoms with Gasteiger partial charge in [-0.2, -0.15) is 0 Å². The van der Waals surface area contributed by atoms with E-state index in [2.05, 4.69) is 4.98 Å². The Balaban J connectivity index is 2.31. The van der Waals surface area contributed by atoms with E-state index in [1.165, 1.54) is 23.9 Å². The lowest BCUT2D eigenvalue weighted by molar-refractivity contribution is -0.386. The molecule has 0 aliphatic heterocycles. The molecule has 0 N–H and O–H groups in total. The number of hydrogen-bond acceptors (Lipinski definition) is 6. The Morgan fingerprint density at radius 3 is 2.50 bits per heavy atom. The molecule has 102 valence electrons. The zero-order valence-corrected chi connectivity index (χ0v) is 11.0. The van der Waals surface area contributed by atoms with Crippen molar-refractivity contribution in [2.45, 2.75) is 16.3 Å². The van der Waals surface area contributed by atoms with Crippen molar-refractivity contribution in [3.8, 4) is 0 Å². The van der Waals surface area contributed by atoms with E-state index in [9.17, 15) is 20.0 Å². The fourth-order valence-electron chi connectivity index (χ4n) is 1.57. The molecule has 1 aromatic heterocycles. The summed E-state index contributed by atoms with van der Waals surface area (Å²) >= 11 is 1.30. The van der Waals surface area contributed by atoms with Gasteiger partial charge in [-0.15, -0.1) is 0 Å². The number of pyridine rings is 1. The second kappa shape index (κ2) is 6.16. The monoisotopic (exact) mass is 289 g/mol. The first-order valence-corrected chi connectivity index (χ1v) is 6.45. The number of rotatable bonds is 5. The average molecular weight is 289 g/mol. The molecule has 7 heteroatoms. The highest BCUT2D eigenvalue weighted by molar-refractivity contribution is 7.99. The van der Waals surface area contributed by atoms with Crippen LogP contribution in [0.2, 0.25) is 0 Å². The molecule has 0 saturated heterocycles. The van der Waals surface area contributed by atoms with Gasteiger partial charge in [-0.05, 0) is 18.2 Å². The Hall–Kier alpha value is -2.41. The molecule has 0 radical (unpaired) electrons. The minimum absolute atomic E-state index is 0.101. The van der Waals surface area contributed by atoms with Gasteiger partial charge in [-0.25, -0.2) is 4.98 Å². The van der Waals surface area contributed by atoms with Crippen molar-refractivity contribution < 1.29 is 14.8 Å². The molecule has 1 aromatic carbocycles. The van der Waals surface area contributed by atoms with Crippen molar-refractivity contribution in [1.82, 2.24) is 4.98 Å². The molecule has 2 rings (SSSR count). The SMILES string of the molecule is O=C([O-])Cc1nc(Sc2ccccc2)ccc1[N+](=O)[O-]. The second-order valence-electron chi connectivity index (χ2n) is 3.84. The van der Waals surface area contributed by atoms with Gasteiger partial charge >= 0.3 is 0 Å². The fourth-order valence-corrected chi connectivity index (χ4v) is 2.40. The Bertz CT molecular complexity index is 646. The Labute approximate surface area is 118 Å². The molecule has 0 aliphatic rings. The first kappa shape index (κ1) is 14.0. The molecule has 0 atom stereocenters. The molecular formula is C13H9N2O4S-. The van der Waals surface area contributed by atoms with Crippen molar-refractivity contribution in [1.29, 1.82) is 0 Å². The topological polar surface area (TPSA) is 96.2 Å². The van der Waals surface area contributed by atoms with Crippen LogP contribution in [0.3, 0.4) is 0 Å². The summed E-state index contributed by atoms with van der Waals surface area (Å²) in [6, 6.07) is 12.1. The third-order valence-corrected chi connectivity index (χ3v) is 3.34. The summed E-state index contributed by atoms with van der Waals surface area (Å²) in [7, 11) is 0. The lowest BCUT2D eigenvalue weighted by Gasteiger charge is -2.06. The zero-order valence-electron chi connectivity index (χ0n) is 10.2. The Kier molecular flexibility index (Phi) is 4.31. The number of carbonyl (C=O) groups is 1. The van der Waals surface area contributed by atoms with Gasteiger partial charge in [-0.1, -0.05) is 30.0 Å². The molecule has 0 bridgehead atoms. The summed E-state index contributed by atoms with van der Waals surface area (Å²) in [4.78, 5) is 25.7. The molecule has 0 spiro atoms. The van der Waals surface area contributed by atoms with Crippen LogP contribution in [0.1, 0.15) is 5.69 Å². The van der Waals surface area contributed by atoms with Crippen LogP contribution in [-0.2, 0) is 11.2 Å². The van der Waals surface area contributed by atoms with Gasteiger partial charge in [0.1, 0.15) is 10.7 Å². The Morgan fingerprint density at radius 2 is 1.90 bits per heavy atom. The molecular weight excluding hydrogens is 280 g/mol. The van der Waals surface area contributed by atoms with Crippen LogP contribution < -0.4 is 5.11 Å². The summed E-state index contributed by atoms with van der Waals surface area (Å²) in [5.41, 5.74) is -0.414. The van der Waals surface area contributed by atoms with E-state index in [0.29, 0.717) is 5.03 Å². The molecule has 6 nitrogen and oxygen atoms in total. The summed E-state index contributed by atoms with van der Waals surface area (Å²) in [6.45, 7) is 0. The highest BCUT2D eigenvalue weighted by atomic mass is 32.2. The molecule has 2 aromatic rings. The summed E-state index contributed by atoms with van der Waals surface area (Å²) in [5.74, 6) is -1.40. The van der Waals surface area contributed by atoms with Gasteiger partial charge in [-0.3, -0.25) is 10.1 Å². The van der Waals surface area contributed by atoms with Crippen LogP contribution >= 0.6 is 11.8 Å². The Morgan fingerprint density at radius 1 is 1.20 bits per heavy atom. The van der Waals surface area contributed by atoms with Crippen molar-refractivity contribution in [2.24, 2.45) is 0 Å². The molecule has 20 heavy (non-hydrogen) atoms. The predicted molar refractivity (Wildman–Crippen MR) is 70.2 cm³/mol. The van der Waals surface area contributed by atoms with E-state index in [-0.39, 0.29) is 11.4 Å². The van der Waals surface area contributed by atoms with Crippen LogP contribution in [0.4, 0.5) is 5.69 Å². The number of aliphatic carboxylic acids is 1. The zero-order chi connectivity index (χ0) is 14.5. The van der Waals surface area contributed by atoms with E-state index >= 15 is 0 Å². The van der Waals surface area contributed by atoms with Gasteiger partial charge in [0.2, 0.25) is 0 Å². The predicted octanol–water partition coefficient (Wildman–Crippen LogP) is 1.43. The van der Waals surface area contributed by atoms with Gasteiger partial charge in [0.05, 0.1) is 4.92 Å². The van der Waals surface area contributed by atoms with E-state index in [1.54, 1.807) is 0 Å². The number of hydrogen-bond donors (Lipinski definition) is 0. The van der Waals surface area contributed by atoms with Crippen molar-refractivity contribution >= 4 is 23.4 Å². The van der Waals surface area contributed by atoms with E-state index in [4.69, 9.17) is 0 Å². The van der Waals surface area contributed by atoms with E-state index < -0.39 is 17.3 Å². The van der Waals surface area contributed by atoms with Gasteiger partial charge in [0, 0.05) is 23.4 Å². The second-order valence-corrected chi connectivity index (χ2v) is 4.93. The maximum atomic E-state index is 10.8. The first-order valence-electron chi connectivity index (χ1n) is 5.63. The number of aromatic nitrogens is 1. The summed E-state index contributed by atoms with van der Waals surface area (Å²) < 4.78 is 0. The van der Waals surface area contributed by atoms with Gasteiger partial charge in [0.15, 0.2) is 0 Å². The van der Waals surface area contributed by atoms with Crippen molar-refractivity contribution in [3.05, 3.63) is 58.3 Å². The van der Waals surface area contributed by atoms with Gasteiger partial charge < -0.3 is 9.90 Å². The maximum Gasteiger partial charge on any atom is 0.291 e. The minimum atomic E-state index is -1.40. The minimum Gasteiger partial charge on any atom is -0.550 e. The molecule has 0 saturated carbocycles. The lowest BCUT2D eigenvalue weighted by Crippen LogP contribution is -2.25.